The summed E-state index contributed by atoms with van der Waals surface area (Å²) in [7, 11) is 0. The quantitative estimate of drug-likeness (QED) is 0.621. The van der Waals surface area contributed by atoms with Crippen molar-refractivity contribution in [3.8, 4) is 0 Å². The normalized spacial score (nSPS) is 12.7. The van der Waals surface area contributed by atoms with E-state index in [2.05, 4.69) is 0 Å². The van der Waals surface area contributed by atoms with Gasteiger partial charge < -0.3 is 20.5 Å². The van der Waals surface area contributed by atoms with Crippen LogP contribution in [0.25, 0.3) is 0 Å². The van der Waals surface area contributed by atoms with E-state index >= 15 is 0 Å². The maximum absolute atomic E-state index is 12.1. The van der Waals surface area contributed by atoms with Crippen LogP contribution in [0.4, 0.5) is 5.69 Å². The molecule has 0 bridgehead atoms. The van der Waals surface area contributed by atoms with E-state index < -0.39 is 11.2 Å². The summed E-state index contributed by atoms with van der Waals surface area (Å²) in [6.45, 7) is 11.4. The van der Waals surface area contributed by atoms with Crippen molar-refractivity contribution < 1.29 is 9.68 Å². The molecule has 1 aromatic rings. The molecule has 0 spiro atoms. The lowest BCUT2D eigenvalue weighted by molar-refractivity contribution is -0.212. The molecule has 6 nitrogen and oxygen atoms in total. The number of hydrogen-bond donors (Lipinski definition) is 0. The third kappa shape index (κ3) is 6.85. The first-order valence-electron chi connectivity index (χ1n) is 7.97. The molecule has 1 rings (SSSR count). The van der Waals surface area contributed by atoms with Crippen LogP contribution < -0.4 is 5.23 Å². The van der Waals surface area contributed by atoms with Crippen LogP contribution in [0.2, 0.25) is 0 Å². The van der Waals surface area contributed by atoms with E-state index in [0.29, 0.717) is 28.1 Å². The van der Waals surface area contributed by atoms with E-state index in [9.17, 15) is 10.4 Å². The van der Waals surface area contributed by atoms with Crippen molar-refractivity contribution in [2.24, 2.45) is 0 Å². The lowest BCUT2D eigenvalue weighted by Gasteiger charge is -2.38. The maximum atomic E-state index is 12.1. The van der Waals surface area contributed by atoms with Crippen molar-refractivity contribution in [2.45, 2.75) is 72.1 Å². The molecule has 132 valence electrons. The van der Waals surface area contributed by atoms with Gasteiger partial charge in [0, 0.05) is 6.54 Å². The topological polar surface area (TPSA) is 71.1 Å². The van der Waals surface area contributed by atoms with Gasteiger partial charge in [0.05, 0.1) is 16.9 Å². The Morgan fingerprint density at radius 2 is 1.52 bits per heavy atom. The van der Waals surface area contributed by atoms with E-state index in [1.54, 1.807) is 24.3 Å². The highest BCUT2D eigenvalue weighted by molar-refractivity contribution is 5.47. The molecule has 0 atom stereocenters. The van der Waals surface area contributed by atoms with Crippen LogP contribution in [0.1, 0.15) is 59.9 Å². The second-order valence-electron chi connectivity index (χ2n) is 6.83. The first kappa shape index (κ1) is 19.9. The molecule has 0 saturated heterocycles. The minimum Gasteiger partial charge on any atom is -0.762 e. The third-order valence-electron chi connectivity index (χ3n) is 3.81. The van der Waals surface area contributed by atoms with Crippen molar-refractivity contribution in [1.82, 2.24) is 5.23 Å². The molecule has 23 heavy (non-hydrogen) atoms. The molecule has 0 radical (unpaired) electrons. The first-order valence-corrected chi connectivity index (χ1v) is 7.97. The molecule has 0 aliphatic rings. The maximum Gasteiger partial charge on any atom is 0.0894 e. The Morgan fingerprint density at radius 3 is 2.09 bits per heavy atom. The van der Waals surface area contributed by atoms with Gasteiger partial charge in [-0.2, -0.15) is 0 Å². The Labute approximate surface area is 139 Å². The Bertz CT molecular complexity index is 491. The molecule has 0 saturated carbocycles. The molecular weight excluding hydrogens is 296 g/mol. The molecule has 0 aliphatic carbocycles. The van der Waals surface area contributed by atoms with Crippen molar-refractivity contribution in [3.63, 3.8) is 0 Å². The summed E-state index contributed by atoms with van der Waals surface area (Å²) in [4.78, 5) is 10.7. The van der Waals surface area contributed by atoms with E-state index in [-0.39, 0.29) is 6.54 Å². The van der Waals surface area contributed by atoms with Gasteiger partial charge >= 0.3 is 0 Å². The summed E-state index contributed by atoms with van der Waals surface area (Å²) in [6, 6.07) is 6.77. The molecule has 0 amide bonds. The van der Waals surface area contributed by atoms with Gasteiger partial charge in [-0.1, -0.05) is 26.0 Å². The van der Waals surface area contributed by atoms with Crippen LogP contribution in [0.3, 0.4) is 0 Å². The van der Waals surface area contributed by atoms with Crippen LogP contribution in [0.5, 0.6) is 0 Å². The second-order valence-corrected chi connectivity index (χ2v) is 6.83. The van der Waals surface area contributed by atoms with Gasteiger partial charge in [-0.05, 0) is 58.2 Å². The summed E-state index contributed by atoms with van der Waals surface area (Å²) >= 11 is 0. The second kappa shape index (κ2) is 8.08. The highest BCUT2D eigenvalue weighted by atomic mass is 16.9. The van der Waals surface area contributed by atoms with Crippen molar-refractivity contribution >= 4 is 5.69 Å². The zero-order valence-corrected chi connectivity index (χ0v) is 15.0. The van der Waals surface area contributed by atoms with Gasteiger partial charge in [-0.3, -0.25) is 10.1 Å². The molecule has 1 aromatic carbocycles. The van der Waals surface area contributed by atoms with E-state index in [1.165, 1.54) is 0 Å². The van der Waals surface area contributed by atoms with Crippen molar-refractivity contribution in [2.75, 3.05) is 5.23 Å². The minimum atomic E-state index is -0.545. The molecule has 0 aromatic heterocycles. The van der Waals surface area contributed by atoms with Crippen molar-refractivity contribution in [1.29, 1.82) is 0 Å². The molecule has 0 aliphatic heterocycles. The van der Waals surface area contributed by atoms with E-state index in [1.807, 2.05) is 41.5 Å². The van der Waals surface area contributed by atoms with Gasteiger partial charge in [-0.25, -0.2) is 0 Å². The number of anilines is 1. The minimum absolute atomic E-state index is 0.0439. The monoisotopic (exact) mass is 324 g/mol. The SMILES string of the molecule is CCC(C)(C)ON([O-])Cc1cccc(N([O-])OC(C)(C)CC)c1. The van der Waals surface area contributed by atoms with E-state index in [0.717, 1.165) is 6.42 Å². The fourth-order valence-corrected chi connectivity index (χ4v) is 1.63. The van der Waals surface area contributed by atoms with Gasteiger partial charge in [0.15, 0.2) is 0 Å². The van der Waals surface area contributed by atoms with Gasteiger partial charge in [0.25, 0.3) is 0 Å². The van der Waals surface area contributed by atoms with Crippen LogP contribution in [0, 0.1) is 10.4 Å². The summed E-state index contributed by atoms with van der Waals surface area (Å²) in [5.74, 6) is 0. The smallest absolute Gasteiger partial charge is 0.0894 e. The van der Waals surface area contributed by atoms with Crippen LogP contribution in [-0.4, -0.2) is 16.4 Å². The first-order chi connectivity index (χ1) is 10.6. The van der Waals surface area contributed by atoms with Crippen LogP contribution >= 0.6 is 0 Å². The largest absolute Gasteiger partial charge is 0.762 e. The lowest BCUT2D eigenvalue weighted by Crippen LogP contribution is -2.32. The summed E-state index contributed by atoms with van der Waals surface area (Å²) < 4.78 is 0. The van der Waals surface area contributed by atoms with Gasteiger partial charge in [0.2, 0.25) is 0 Å². The highest BCUT2D eigenvalue weighted by Gasteiger charge is 2.18. The average molecular weight is 324 g/mol. The highest BCUT2D eigenvalue weighted by Crippen LogP contribution is 2.23. The van der Waals surface area contributed by atoms with Crippen LogP contribution in [-0.2, 0) is 16.2 Å². The molecular formula is C17H28N2O4-2. The standard InChI is InChI=1S/C17H28N2O4/c1-7-16(3,4)22-18(20)13-14-10-9-11-15(12-14)19(21)23-17(5,6)8-2/h9-12H,7-8,13H2,1-6H3/q-2. The summed E-state index contributed by atoms with van der Waals surface area (Å²) in [5.41, 5.74) is -0.0234. The fourth-order valence-electron chi connectivity index (χ4n) is 1.63. The average Bonchev–Trinajstić information content (AvgIpc) is 2.46. The Kier molecular flexibility index (Phi) is 6.98. The molecule has 6 heteroatoms. The summed E-state index contributed by atoms with van der Waals surface area (Å²) in [5, 5.41) is 25.1. The fraction of sp³-hybridized carbons (Fsp3) is 0.647. The Balaban J connectivity index is 2.73. The number of hydrogen-bond acceptors (Lipinski definition) is 6. The van der Waals surface area contributed by atoms with Gasteiger partial charge in [0.1, 0.15) is 0 Å². The molecule has 0 heterocycles. The molecule has 0 fully saturated rings. The zero-order chi connectivity index (χ0) is 17.7. The zero-order valence-electron chi connectivity index (χ0n) is 15.0. The predicted molar refractivity (Wildman–Crippen MR) is 92.1 cm³/mol. The third-order valence-corrected chi connectivity index (χ3v) is 3.81. The number of hydroxylamine groups is 2. The van der Waals surface area contributed by atoms with Crippen molar-refractivity contribution in [3.05, 3.63) is 40.2 Å². The lowest BCUT2D eigenvalue weighted by atomic mass is 10.1. The Hall–Kier alpha value is -1.18. The van der Waals surface area contributed by atoms with Crippen LogP contribution in [0.15, 0.2) is 24.3 Å². The molecule has 0 unspecified atom stereocenters. The predicted octanol–water partition coefficient (Wildman–Crippen LogP) is 4.53. The molecule has 0 N–H and O–H groups in total. The number of rotatable bonds is 9. The summed E-state index contributed by atoms with van der Waals surface area (Å²) in [6.07, 6.45) is 1.43. The van der Waals surface area contributed by atoms with Gasteiger partial charge in [-0.15, -0.1) is 0 Å². The van der Waals surface area contributed by atoms with E-state index in [4.69, 9.17) is 9.68 Å². The Morgan fingerprint density at radius 1 is 0.957 bits per heavy atom. The number of benzene rings is 1. The number of nitrogens with zero attached hydrogens (tertiary/aromatic N) is 2.